The fraction of sp³-hybridized carbons (Fsp3) is 0.214. The Morgan fingerprint density at radius 3 is 2.29 bits per heavy atom. The van der Waals surface area contributed by atoms with E-state index in [1.54, 1.807) is 4.90 Å². The summed E-state index contributed by atoms with van der Waals surface area (Å²) in [6, 6.07) is 21.9. The highest BCUT2D eigenvalue weighted by atomic mass is 32.2. The third-order valence-electron chi connectivity index (χ3n) is 5.48. The predicted molar refractivity (Wildman–Crippen MR) is 145 cm³/mol. The Morgan fingerprint density at radius 2 is 1.62 bits per heavy atom. The molecule has 1 amide bonds. The van der Waals surface area contributed by atoms with E-state index < -0.39 is 0 Å². The van der Waals surface area contributed by atoms with Crippen LogP contribution in [-0.4, -0.2) is 16.8 Å². The summed E-state index contributed by atoms with van der Waals surface area (Å²) in [5, 5.41) is 0. The molecule has 4 nitrogen and oxygen atoms in total. The molecule has 0 aliphatic carbocycles. The molecule has 0 N–H and O–H groups in total. The number of thioether (sulfide) groups is 1. The minimum atomic E-state index is -0.114. The van der Waals surface area contributed by atoms with Gasteiger partial charge in [0.1, 0.15) is 6.61 Å². The van der Waals surface area contributed by atoms with Crippen molar-refractivity contribution in [1.82, 2.24) is 0 Å². The van der Waals surface area contributed by atoms with Gasteiger partial charge >= 0.3 is 0 Å². The number of amides is 1. The van der Waals surface area contributed by atoms with E-state index in [2.05, 4.69) is 38.1 Å². The molecule has 1 heterocycles. The van der Waals surface area contributed by atoms with E-state index in [1.165, 1.54) is 22.9 Å². The number of aryl methyl sites for hydroxylation is 2. The van der Waals surface area contributed by atoms with Gasteiger partial charge in [0.15, 0.2) is 15.8 Å². The maximum Gasteiger partial charge on any atom is 0.270 e. The van der Waals surface area contributed by atoms with Crippen molar-refractivity contribution in [3.05, 3.63) is 93.9 Å². The van der Waals surface area contributed by atoms with E-state index in [9.17, 15) is 4.79 Å². The summed E-state index contributed by atoms with van der Waals surface area (Å²) in [5.41, 5.74) is 5.17. The molecule has 4 rings (SSSR count). The van der Waals surface area contributed by atoms with Crippen LogP contribution in [0.1, 0.15) is 36.1 Å². The first-order chi connectivity index (χ1) is 16.5. The average molecular weight is 490 g/mol. The molecule has 3 aromatic rings. The molecule has 34 heavy (non-hydrogen) atoms. The van der Waals surface area contributed by atoms with E-state index in [0.717, 1.165) is 23.2 Å². The second-order valence-electron chi connectivity index (χ2n) is 7.95. The largest absolute Gasteiger partial charge is 0.490 e. The fourth-order valence-corrected chi connectivity index (χ4v) is 4.87. The molecule has 6 heteroatoms. The molecule has 0 atom stereocenters. The summed E-state index contributed by atoms with van der Waals surface area (Å²) in [5.74, 6) is 1.20. The van der Waals surface area contributed by atoms with Crippen molar-refractivity contribution in [2.45, 2.75) is 33.8 Å². The number of ether oxygens (including phenoxy) is 2. The van der Waals surface area contributed by atoms with Crippen molar-refractivity contribution in [3.8, 4) is 11.5 Å². The number of anilines is 1. The normalized spacial score (nSPS) is 14.7. The van der Waals surface area contributed by atoms with Gasteiger partial charge in [0.05, 0.1) is 17.2 Å². The maximum absolute atomic E-state index is 13.1. The number of carbonyl (C=O) groups excluding carboxylic acids is 1. The van der Waals surface area contributed by atoms with Crippen LogP contribution < -0.4 is 14.4 Å². The second kappa shape index (κ2) is 10.9. The summed E-state index contributed by atoms with van der Waals surface area (Å²) in [6.07, 6.45) is 2.80. The minimum Gasteiger partial charge on any atom is -0.490 e. The zero-order chi connectivity index (χ0) is 24.1. The first-order valence-corrected chi connectivity index (χ1v) is 12.5. The van der Waals surface area contributed by atoms with Gasteiger partial charge in [-0.05, 0) is 67.3 Å². The van der Waals surface area contributed by atoms with Crippen LogP contribution in [0.5, 0.6) is 11.5 Å². The lowest BCUT2D eigenvalue weighted by Gasteiger charge is -2.15. The number of benzene rings is 3. The highest BCUT2D eigenvalue weighted by molar-refractivity contribution is 8.27. The molecular formula is C28H27NO3S2. The molecular weight excluding hydrogens is 462 g/mol. The van der Waals surface area contributed by atoms with Gasteiger partial charge in [-0.15, -0.1) is 0 Å². The predicted octanol–water partition coefficient (Wildman–Crippen LogP) is 6.94. The van der Waals surface area contributed by atoms with Gasteiger partial charge in [0.2, 0.25) is 0 Å². The molecule has 0 aromatic heterocycles. The van der Waals surface area contributed by atoms with Crippen LogP contribution in [-0.2, 0) is 17.8 Å². The Labute approximate surface area is 210 Å². The van der Waals surface area contributed by atoms with E-state index in [-0.39, 0.29) is 5.91 Å². The third kappa shape index (κ3) is 5.51. The number of nitrogens with zero attached hydrogens (tertiary/aromatic N) is 1. The van der Waals surface area contributed by atoms with Gasteiger partial charge in [-0.2, -0.15) is 0 Å². The zero-order valence-electron chi connectivity index (χ0n) is 19.5. The number of thiocarbonyl (C=S) groups is 1. The molecule has 1 aliphatic heterocycles. The molecule has 0 radical (unpaired) electrons. The Kier molecular flexibility index (Phi) is 7.70. The van der Waals surface area contributed by atoms with Crippen LogP contribution in [0.25, 0.3) is 6.08 Å². The van der Waals surface area contributed by atoms with Crippen molar-refractivity contribution in [2.75, 3.05) is 11.5 Å². The van der Waals surface area contributed by atoms with Crippen LogP contribution in [0.15, 0.2) is 71.6 Å². The maximum atomic E-state index is 13.1. The number of hydrogen-bond donors (Lipinski definition) is 0. The molecule has 3 aromatic carbocycles. The average Bonchev–Trinajstić information content (AvgIpc) is 3.12. The van der Waals surface area contributed by atoms with Gasteiger partial charge in [0, 0.05) is 0 Å². The Balaban J connectivity index is 1.53. The van der Waals surface area contributed by atoms with E-state index in [1.807, 2.05) is 55.5 Å². The van der Waals surface area contributed by atoms with Crippen molar-refractivity contribution >= 4 is 46.0 Å². The van der Waals surface area contributed by atoms with E-state index >= 15 is 0 Å². The molecule has 1 saturated heterocycles. The summed E-state index contributed by atoms with van der Waals surface area (Å²) in [4.78, 5) is 15.3. The first-order valence-electron chi connectivity index (χ1n) is 11.3. The summed E-state index contributed by atoms with van der Waals surface area (Å²) in [6.45, 7) is 7.07. The summed E-state index contributed by atoms with van der Waals surface area (Å²) < 4.78 is 12.4. The van der Waals surface area contributed by atoms with Crippen molar-refractivity contribution in [1.29, 1.82) is 0 Å². The molecule has 1 aliphatic rings. The highest BCUT2D eigenvalue weighted by Crippen LogP contribution is 2.37. The Hall–Kier alpha value is -3.09. The molecule has 0 spiro atoms. The third-order valence-corrected chi connectivity index (χ3v) is 6.78. The van der Waals surface area contributed by atoms with Crippen molar-refractivity contribution < 1.29 is 14.3 Å². The van der Waals surface area contributed by atoms with Crippen molar-refractivity contribution in [2.24, 2.45) is 0 Å². The van der Waals surface area contributed by atoms with Gasteiger partial charge in [0.25, 0.3) is 5.91 Å². The van der Waals surface area contributed by atoms with Gasteiger partial charge in [-0.25, -0.2) is 0 Å². The van der Waals surface area contributed by atoms with E-state index in [0.29, 0.717) is 33.9 Å². The lowest BCUT2D eigenvalue weighted by Crippen LogP contribution is -2.27. The highest BCUT2D eigenvalue weighted by Gasteiger charge is 2.33. The smallest absolute Gasteiger partial charge is 0.270 e. The Bertz CT molecular complexity index is 1220. The van der Waals surface area contributed by atoms with Crippen LogP contribution in [0.3, 0.4) is 0 Å². The molecule has 0 bridgehead atoms. The van der Waals surface area contributed by atoms with E-state index in [4.69, 9.17) is 21.7 Å². The quantitative estimate of drug-likeness (QED) is 0.253. The first kappa shape index (κ1) is 24.0. The van der Waals surface area contributed by atoms with Crippen molar-refractivity contribution in [3.63, 3.8) is 0 Å². The van der Waals surface area contributed by atoms with Gasteiger partial charge < -0.3 is 9.47 Å². The summed E-state index contributed by atoms with van der Waals surface area (Å²) >= 11 is 6.82. The number of rotatable bonds is 8. The fourth-order valence-electron chi connectivity index (χ4n) is 3.57. The molecule has 174 valence electrons. The lowest BCUT2D eigenvalue weighted by atomic mass is 10.1. The standard InChI is InChI=1S/C28H27NO3S2/c1-4-20-10-13-23(14-11-20)29-27(30)26(34-28(29)33)17-22-12-15-24(25(16-22)31-5-2)32-18-21-8-6-19(3)7-9-21/h6-17H,4-5,18H2,1-3H3. The number of carbonyl (C=O) groups is 1. The molecule has 0 unspecified atom stereocenters. The van der Waals surface area contributed by atoms with Crippen LogP contribution in [0, 0.1) is 6.92 Å². The minimum absolute atomic E-state index is 0.114. The van der Waals surface area contributed by atoms with Crippen LogP contribution in [0.2, 0.25) is 0 Å². The lowest BCUT2D eigenvalue weighted by molar-refractivity contribution is -0.113. The van der Waals surface area contributed by atoms with Crippen LogP contribution in [0.4, 0.5) is 5.69 Å². The molecule has 0 saturated carbocycles. The second-order valence-corrected chi connectivity index (χ2v) is 9.63. The van der Waals surface area contributed by atoms with Gasteiger partial charge in [-0.1, -0.05) is 78.9 Å². The van der Waals surface area contributed by atoms with Gasteiger partial charge in [-0.3, -0.25) is 9.69 Å². The zero-order valence-corrected chi connectivity index (χ0v) is 21.2. The monoisotopic (exact) mass is 489 g/mol. The molecule has 1 fully saturated rings. The topological polar surface area (TPSA) is 38.8 Å². The number of hydrogen-bond acceptors (Lipinski definition) is 5. The summed E-state index contributed by atoms with van der Waals surface area (Å²) in [7, 11) is 0. The Morgan fingerprint density at radius 1 is 0.912 bits per heavy atom. The SMILES string of the molecule is CCOc1cc(C=C2SC(=S)N(c3ccc(CC)cc3)C2=O)ccc1OCc1ccc(C)cc1. The van der Waals surface area contributed by atoms with Crippen LogP contribution >= 0.6 is 24.0 Å².